The zero-order chi connectivity index (χ0) is 21.1. The highest BCUT2D eigenvalue weighted by atomic mass is 16.5. The van der Waals surface area contributed by atoms with Crippen molar-refractivity contribution in [2.24, 2.45) is 0 Å². The monoisotopic (exact) mass is 406 g/mol. The molecule has 2 aromatic rings. The van der Waals surface area contributed by atoms with Crippen LogP contribution in [0.15, 0.2) is 36.9 Å². The Kier molecular flexibility index (Phi) is 6.02. The Morgan fingerprint density at radius 1 is 1.27 bits per heavy atom. The summed E-state index contributed by atoms with van der Waals surface area (Å²) in [7, 11) is 1.72. The highest BCUT2D eigenvalue weighted by Crippen LogP contribution is 2.34. The quantitative estimate of drug-likeness (QED) is 0.686. The average molecular weight is 407 g/mol. The molecule has 1 fully saturated rings. The number of hydrogen-bond donors (Lipinski definition) is 0. The molecule has 1 atom stereocenters. The van der Waals surface area contributed by atoms with Gasteiger partial charge in [0.05, 0.1) is 13.2 Å². The second kappa shape index (κ2) is 8.86. The lowest BCUT2D eigenvalue weighted by molar-refractivity contribution is -0.127. The first-order chi connectivity index (χ1) is 14.6. The van der Waals surface area contributed by atoms with Gasteiger partial charge in [0, 0.05) is 30.9 Å². The number of anilines is 1. The Balaban J connectivity index is 1.60. The number of amides is 1. The van der Waals surface area contributed by atoms with E-state index in [0.29, 0.717) is 0 Å². The van der Waals surface area contributed by atoms with E-state index in [1.165, 1.54) is 17.2 Å². The Labute approximate surface area is 178 Å². The van der Waals surface area contributed by atoms with Crippen molar-refractivity contribution in [2.75, 3.05) is 31.6 Å². The molecule has 2 aliphatic rings. The molecule has 3 heterocycles. The molecule has 0 spiro atoms. The molecule has 0 bridgehead atoms. The van der Waals surface area contributed by atoms with Gasteiger partial charge in [0.2, 0.25) is 5.91 Å². The molecular weight excluding hydrogens is 376 g/mol. The number of rotatable bonds is 6. The van der Waals surface area contributed by atoms with Crippen LogP contribution >= 0.6 is 0 Å². The Bertz CT molecular complexity index is 943. The SMILES string of the molecule is C=CC(=O)N1CCCC1c1nc(C)c2c(n1)N(CCc1ccccc1OC)CCC2. The maximum Gasteiger partial charge on any atom is 0.246 e. The van der Waals surface area contributed by atoms with Crippen molar-refractivity contribution in [3.05, 3.63) is 59.6 Å². The number of hydrogen-bond acceptors (Lipinski definition) is 5. The molecule has 6 nitrogen and oxygen atoms in total. The number of carbonyl (C=O) groups is 1. The Morgan fingerprint density at radius 2 is 2.10 bits per heavy atom. The number of likely N-dealkylation sites (tertiary alicyclic amines) is 1. The van der Waals surface area contributed by atoms with E-state index in [0.717, 1.165) is 74.8 Å². The molecular formula is C24H30N4O2. The van der Waals surface area contributed by atoms with Gasteiger partial charge >= 0.3 is 0 Å². The van der Waals surface area contributed by atoms with Crippen molar-refractivity contribution >= 4 is 11.7 Å². The lowest BCUT2D eigenvalue weighted by Crippen LogP contribution is -2.35. The average Bonchev–Trinajstić information content (AvgIpc) is 3.27. The maximum atomic E-state index is 12.3. The zero-order valence-corrected chi connectivity index (χ0v) is 17.9. The molecule has 6 heteroatoms. The van der Waals surface area contributed by atoms with E-state index < -0.39 is 0 Å². The molecule has 158 valence electrons. The molecule has 2 aliphatic heterocycles. The molecule has 1 saturated heterocycles. The van der Waals surface area contributed by atoms with Crippen LogP contribution in [0.3, 0.4) is 0 Å². The molecule has 0 radical (unpaired) electrons. The number of ether oxygens (including phenoxy) is 1. The summed E-state index contributed by atoms with van der Waals surface area (Å²) in [6, 6.07) is 8.13. The molecule has 1 amide bonds. The number of methoxy groups -OCH3 is 1. The minimum atomic E-state index is -0.0579. The van der Waals surface area contributed by atoms with E-state index in [4.69, 9.17) is 14.7 Å². The summed E-state index contributed by atoms with van der Waals surface area (Å²) < 4.78 is 5.52. The van der Waals surface area contributed by atoms with Gasteiger partial charge in [0.15, 0.2) is 5.82 Å². The normalized spacial score (nSPS) is 18.3. The fraction of sp³-hybridized carbons (Fsp3) is 0.458. The van der Waals surface area contributed by atoms with Gasteiger partial charge in [0.25, 0.3) is 0 Å². The minimum absolute atomic E-state index is 0.0375. The molecule has 0 saturated carbocycles. The van der Waals surface area contributed by atoms with Gasteiger partial charge in [-0.2, -0.15) is 0 Å². The first-order valence-electron chi connectivity index (χ1n) is 10.8. The van der Waals surface area contributed by atoms with Crippen LogP contribution in [0.1, 0.15) is 47.9 Å². The predicted octanol–water partition coefficient (Wildman–Crippen LogP) is 3.64. The first kappa shape index (κ1) is 20.4. The van der Waals surface area contributed by atoms with Crippen molar-refractivity contribution in [1.29, 1.82) is 0 Å². The number of aromatic nitrogens is 2. The maximum absolute atomic E-state index is 12.3. The summed E-state index contributed by atoms with van der Waals surface area (Å²) in [4.78, 5) is 26.4. The summed E-state index contributed by atoms with van der Waals surface area (Å²) in [6.45, 7) is 8.33. The largest absolute Gasteiger partial charge is 0.496 e. The third kappa shape index (κ3) is 3.91. The van der Waals surface area contributed by atoms with Crippen molar-refractivity contribution < 1.29 is 9.53 Å². The van der Waals surface area contributed by atoms with Gasteiger partial charge < -0.3 is 14.5 Å². The molecule has 0 aliphatic carbocycles. The second-order valence-corrected chi connectivity index (χ2v) is 8.02. The molecule has 0 N–H and O–H groups in total. The van der Waals surface area contributed by atoms with Gasteiger partial charge in [-0.3, -0.25) is 4.79 Å². The van der Waals surface area contributed by atoms with Crippen LogP contribution in [-0.4, -0.2) is 47.5 Å². The van der Waals surface area contributed by atoms with Crippen LogP contribution in [0.5, 0.6) is 5.75 Å². The van der Waals surface area contributed by atoms with Crippen molar-refractivity contribution in [3.63, 3.8) is 0 Å². The molecule has 4 rings (SSSR count). The lowest BCUT2D eigenvalue weighted by Gasteiger charge is -2.32. The van der Waals surface area contributed by atoms with E-state index >= 15 is 0 Å². The summed E-state index contributed by atoms with van der Waals surface area (Å²) in [5, 5.41) is 0. The van der Waals surface area contributed by atoms with Gasteiger partial charge in [-0.15, -0.1) is 0 Å². The van der Waals surface area contributed by atoms with Crippen LogP contribution in [0.2, 0.25) is 0 Å². The molecule has 30 heavy (non-hydrogen) atoms. The fourth-order valence-corrected chi connectivity index (χ4v) is 4.66. The van der Waals surface area contributed by atoms with E-state index in [2.05, 4.69) is 30.5 Å². The van der Waals surface area contributed by atoms with Crippen molar-refractivity contribution in [3.8, 4) is 5.75 Å². The first-order valence-corrected chi connectivity index (χ1v) is 10.8. The number of para-hydroxylation sites is 1. The van der Waals surface area contributed by atoms with E-state index in [1.54, 1.807) is 7.11 Å². The molecule has 1 aromatic carbocycles. The summed E-state index contributed by atoms with van der Waals surface area (Å²) in [5.74, 6) is 2.70. The van der Waals surface area contributed by atoms with Crippen LogP contribution < -0.4 is 9.64 Å². The van der Waals surface area contributed by atoms with Crippen molar-refractivity contribution in [2.45, 2.75) is 45.1 Å². The Hall–Kier alpha value is -2.89. The van der Waals surface area contributed by atoms with Crippen molar-refractivity contribution in [1.82, 2.24) is 14.9 Å². The summed E-state index contributed by atoms with van der Waals surface area (Å²) in [5.41, 5.74) is 3.48. The number of nitrogens with zero attached hydrogens (tertiary/aromatic N) is 4. The van der Waals surface area contributed by atoms with E-state index in [-0.39, 0.29) is 11.9 Å². The number of aryl methyl sites for hydroxylation is 1. The Morgan fingerprint density at radius 3 is 2.90 bits per heavy atom. The summed E-state index contributed by atoms with van der Waals surface area (Å²) >= 11 is 0. The summed E-state index contributed by atoms with van der Waals surface area (Å²) in [6.07, 6.45) is 6.27. The van der Waals surface area contributed by atoms with Crippen LogP contribution in [0, 0.1) is 6.92 Å². The third-order valence-corrected chi connectivity index (χ3v) is 6.22. The number of fused-ring (bicyclic) bond motifs is 1. The van der Waals surface area contributed by atoms with Gasteiger partial charge in [-0.05, 0) is 56.7 Å². The second-order valence-electron chi connectivity index (χ2n) is 8.02. The highest BCUT2D eigenvalue weighted by molar-refractivity contribution is 5.87. The molecule has 1 unspecified atom stereocenters. The van der Waals surface area contributed by atoms with E-state index in [1.807, 2.05) is 17.0 Å². The standard InChI is InChI=1S/C24H30N4O2/c1-4-22(29)28-15-8-11-20(28)23-25-17(2)19-10-7-14-27(24(19)26-23)16-13-18-9-5-6-12-21(18)30-3/h4-6,9,12,20H,1,7-8,10-11,13-16H2,2-3H3. The lowest BCUT2D eigenvalue weighted by atomic mass is 10.0. The topological polar surface area (TPSA) is 58.6 Å². The van der Waals surface area contributed by atoms with Crippen LogP contribution in [0.4, 0.5) is 5.82 Å². The van der Waals surface area contributed by atoms with Crippen LogP contribution in [-0.2, 0) is 17.6 Å². The van der Waals surface area contributed by atoms with Gasteiger partial charge in [-0.25, -0.2) is 9.97 Å². The minimum Gasteiger partial charge on any atom is -0.496 e. The van der Waals surface area contributed by atoms with Gasteiger partial charge in [-0.1, -0.05) is 24.8 Å². The smallest absolute Gasteiger partial charge is 0.246 e. The van der Waals surface area contributed by atoms with Gasteiger partial charge in [0.1, 0.15) is 11.6 Å². The molecule has 1 aromatic heterocycles. The van der Waals surface area contributed by atoms with Crippen LogP contribution in [0.25, 0.3) is 0 Å². The van der Waals surface area contributed by atoms with E-state index in [9.17, 15) is 4.79 Å². The number of carbonyl (C=O) groups excluding carboxylic acids is 1. The fourth-order valence-electron chi connectivity index (χ4n) is 4.66. The zero-order valence-electron chi connectivity index (χ0n) is 17.9. The number of benzene rings is 1. The third-order valence-electron chi connectivity index (χ3n) is 6.22. The highest BCUT2D eigenvalue weighted by Gasteiger charge is 2.32. The predicted molar refractivity (Wildman–Crippen MR) is 118 cm³/mol.